The average molecular weight is 235 g/mol. The van der Waals surface area contributed by atoms with E-state index in [9.17, 15) is 4.39 Å². The van der Waals surface area contributed by atoms with Crippen LogP contribution < -0.4 is 5.32 Å². The van der Waals surface area contributed by atoms with Crippen LogP contribution in [0.2, 0.25) is 0 Å². The zero-order valence-electron chi connectivity index (χ0n) is 8.64. The second-order valence-electron chi connectivity index (χ2n) is 3.05. The van der Waals surface area contributed by atoms with Crippen molar-refractivity contribution >= 4 is 17.6 Å². The fourth-order valence-corrected chi connectivity index (χ4v) is 2.01. The van der Waals surface area contributed by atoms with E-state index in [0.29, 0.717) is 0 Å². The van der Waals surface area contributed by atoms with Crippen molar-refractivity contribution in [3.63, 3.8) is 0 Å². The van der Waals surface area contributed by atoms with Crippen LogP contribution in [0, 0.1) is 5.82 Å². The van der Waals surface area contributed by atoms with E-state index in [4.69, 9.17) is 0 Å². The van der Waals surface area contributed by atoms with Crippen LogP contribution in [0.3, 0.4) is 0 Å². The quantitative estimate of drug-likeness (QED) is 0.830. The number of hydrogen-bond acceptors (Lipinski definition) is 4. The van der Waals surface area contributed by atoms with Gasteiger partial charge in [0.15, 0.2) is 0 Å². The molecule has 0 aliphatic heterocycles. The first-order valence-electron chi connectivity index (χ1n) is 4.71. The van der Waals surface area contributed by atoms with Crippen LogP contribution in [0.4, 0.5) is 10.2 Å². The molecule has 5 heteroatoms. The van der Waals surface area contributed by atoms with Crippen molar-refractivity contribution in [3.8, 4) is 0 Å². The first kappa shape index (κ1) is 10.9. The van der Waals surface area contributed by atoms with Crippen LogP contribution in [0.15, 0.2) is 46.6 Å². The van der Waals surface area contributed by atoms with E-state index in [1.165, 1.54) is 30.2 Å². The molecule has 2 aromatic rings. The van der Waals surface area contributed by atoms with Crippen LogP contribution in [0.1, 0.15) is 0 Å². The Bertz CT molecular complexity index is 490. The Morgan fingerprint density at radius 1 is 1.25 bits per heavy atom. The molecule has 0 amide bonds. The lowest BCUT2D eigenvalue weighted by atomic mass is 10.4. The largest absolute Gasteiger partial charge is 0.373 e. The van der Waals surface area contributed by atoms with Gasteiger partial charge < -0.3 is 5.32 Å². The molecular weight excluding hydrogens is 225 g/mol. The van der Waals surface area contributed by atoms with Crippen molar-refractivity contribution in [2.24, 2.45) is 0 Å². The van der Waals surface area contributed by atoms with E-state index in [1.54, 1.807) is 13.1 Å². The molecule has 0 bridgehead atoms. The van der Waals surface area contributed by atoms with E-state index < -0.39 is 0 Å². The van der Waals surface area contributed by atoms with E-state index in [1.807, 2.05) is 12.1 Å². The van der Waals surface area contributed by atoms with Gasteiger partial charge >= 0.3 is 0 Å². The fraction of sp³-hybridized carbons (Fsp3) is 0.0909. The smallest absolute Gasteiger partial charge is 0.130 e. The molecule has 0 fully saturated rings. The Balaban J connectivity index is 2.20. The number of halogens is 1. The SMILES string of the molecule is CNc1cc(Sc2cccc(F)c2)ncn1. The van der Waals surface area contributed by atoms with Crippen LogP contribution in [0.25, 0.3) is 0 Å². The molecule has 1 N–H and O–H groups in total. The third-order valence-electron chi connectivity index (χ3n) is 1.92. The van der Waals surface area contributed by atoms with Gasteiger partial charge in [0.25, 0.3) is 0 Å². The Hall–Kier alpha value is -1.62. The molecule has 1 heterocycles. The summed E-state index contributed by atoms with van der Waals surface area (Å²) in [6.45, 7) is 0. The molecule has 0 spiro atoms. The molecule has 82 valence electrons. The van der Waals surface area contributed by atoms with E-state index in [2.05, 4.69) is 15.3 Å². The van der Waals surface area contributed by atoms with Gasteiger partial charge in [-0.2, -0.15) is 0 Å². The Morgan fingerprint density at radius 3 is 2.88 bits per heavy atom. The summed E-state index contributed by atoms with van der Waals surface area (Å²) < 4.78 is 13.0. The van der Waals surface area contributed by atoms with Gasteiger partial charge in [-0.15, -0.1) is 0 Å². The highest BCUT2D eigenvalue weighted by molar-refractivity contribution is 7.99. The molecule has 0 aliphatic carbocycles. The number of hydrogen-bond donors (Lipinski definition) is 1. The number of nitrogens with one attached hydrogen (secondary N) is 1. The molecule has 0 saturated heterocycles. The maximum atomic E-state index is 13.0. The summed E-state index contributed by atoms with van der Waals surface area (Å²) in [5.74, 6) is 0.502. The lowest BCUT2D eigenvalue weighted by molar-refractivity contribution is 0.624. The Morgan fingerprint density at radius 2 is 2.12 bits per heavy atom. The molecule has 1 aromatic heterocycles. The van der Waals surface area contributed by atoms with Gasteiger partial charge in [-0.25, -0.2) is 14.4 Å². The Labute approximate surface area is 97.1 Å². The molecule has 16 heavy (non-hydrogen) atoms. The molecule has 1 aromatic carbocycles. The molecule has 0 aliphatic rings. The molecule has 0 saturated carbocycles. The van der Waals surface area contributed by atoms with Gasteiger partial charge in [-0.1, -0.05) is 17.8 Å². The topological polar surface area (TPSA) is 37.8 Å². The standard InChI is InChI=1S/C11H10FN3S/c1-13-10-6-11(15-7-14-10)16-9-4-2-3-8(12)5-9/h2-7H,1H3,(H,13,14,15). The fourth-order valence-electron chi connectivity index (χ4n) is 1.18. The summed E-state index contributed by atoms with van der Waals surface area (Å²) in [5, 5.41) is 3.71. The van der Waals surface area contributed by atoms with Crippen molar-refractivity contribution in [1.29, 1.82) is 0 Å². The van der Waals surface area contributed by atoms with Crippen molar-refractivity contribution in [1.82, 2.24) is 9.97 Å². The predicted molar refractivity (Wildman–Crippen MR) is 62.1 cm³/mol. The van der Waals surface area contributed by atoms with Crippen LogP contribution in [0.5, 0.6) is 0 Å². The van der Waals surface area contributed by atoms with Crippen molar-refractivity contribution in [2.75, 3.05) is 12.4 Å². The Kier molecular flexibility index (Phi) is 3.36. The lowest BCUT2D eigenvalue weighted by Gasteiger charge is -2.02. The highest BCUT2D eigenvalue weighted by Crippen LogP contribution is 2.26. The summed E-state index contributed by atoms with van der Waals surface area (Å²) in [5.41, 5.74) is 0. The van der Waals surface area contributed by atoms with Gasteiger partial charge in [-0.05, 0) is 18.2 Å². The second kappa shape index (κ2) is 4.94. The van der Waals surface area contributed by atoms with Crippen LogP contribution in [-0.4, -0.2) is 17.0 Å². The maximum absolute atomic E-state index is 13.0. The zero-order valence-corrected chi connectivity index (χ0v) is 9.46. The summed E-state index contributed by atoms with van der Waals surface area (Å²) in [6, 6.07) is 8.23. The minimum Gasteiger partial charge on any atom is -0.373 e. The van der Waals surface area contributed by atoms with Crippen molar-refractivity contribution < 1.29 is 4.39 Å². The molecule has 0 unspecified atom stereocenters. The summed E-state index contributed by atoms with van der Waals surface area (Å²) in [4.78, 5) is 8.93. The third kappa shape index (κ3) is 2.70. The average Bonchev–Trinajstić information content (AvgIpc) is 2.29. The molecule has 0 atom stereocenters. The van der Waals surface area contributed by atoms with Crippen LogP contribution in [-0.2, 0) is 0 Å². The third-order valence-corrected chi connectivity index (χ3v) is 2.84. The monoisotopic (exact) mass is 235 g/mol. The molecular formula is C11H10FN3S. The minimum absolute atomic E-state index is 0.243. The number of rotatable bonds is 3. The van der Waals surface area contributed by atoms with Gasteiger partial charge in [0.2, 0.25) is 0 Å². The second-order valence-corrected chi connectivity index (χ2v) is 4.14. The molecule has 0 radical (unpaired) electrons. The number of benzene rings is 1. The highest BCUT2D eigenvalue weighted by atomic mass is 32.2. The van der Waals surface area contributed by atoms with Gasteiger partial charge in [0.05, 0.1) is 0 Å². The minimum atomic E-state index is -0.243. The first-order chi connectivity index (χ1) is 7.78. The van der Waals surface area contributed by atoms with Crippen LogP contribution >= 0.6 is 11.8 Å². The summed E-state index contributed by atoms with van der Waals surface area (Å²) in [6.07, 6.45) is 1.48. The van der Waals surface area contributed by atoms with E-state index in [0.717, 1.165) is 15.7 Å². The zero-order chi connectivity index (χ0) is 11.4. The summed E-state index contributed by atoms with van der Waals surface area (Å²) in [7, 11) is 1.79. The van der Waals surface area contributed by atoms with Crippen molar-refractivity contribution in [2.45, 2.75) is 9.92 Å². The molecule has 2 rings (SSSR count). The summed E-state index contributed by atoms with van der Waals surface area (Å²) >= 11 is 1.40. The van der Waals surface area contributed by atoms with E-state index in [-0.39, 0.29) is 5.82 Å². The van der Waals surface area contributed by atoms with Crippen molar-refractivity contribution in [3.05, 3.63) is 42.5 Å². The number of nitrogens with zero attached hydrogens (tertiary/aromatic N) is 2. The maximum Gasteiger partial charge on any atom is 0.130 e. The van der Waals surface area contributed by atoms with Gasteiger partial charge in [0, 0.05) is 18.0 Å². The predicted octanol–water partition coefficient (Wildman–Crippen LogP) is 2.81. The highest BCUT2D eigenvalue weighted by Gasteiger charge is 2.01. The van der Waals surface area contributed by atoms with Gasteiger partial charge in [0.1, 0.15) is 23.0 Å². The lowest BCUT2D eigenvalue weighted by Crippen LogP contribution is -1.93. The van der Waals surface area contributed by atoms with Gasteiger partial charge in [-0.3, -0.25) is 0 Å². The van der Waals surface area contributed by atoms with E-state index >= 15 is 0 Å². The number of aromatic nitrogens is 2. The normalized spacial score (nSPS) is 10.1. The number of anilines is 1. The molecule has 3 nitrogen and oxygen atoms in total. The first-order valence-corrected chi connectivity index (χ1v) is 5.53.